The molecule has 0 aromatic rings. The maximum atomic E-state index is 10.3. The molecule has 0 aromatic heterocycles. The van der Waals surface area contributed by atoms with Gasteiger partial charge in [0.1, 0.15) is 0 Å². The van der Waals surface area contributed by atoms with Gasteiger partial charge in [0.05, 0.1) is 17.3 Å². The molecule has 1 aliphatic carbocycles. The molecule has 0 heterocycles. The van der Waals surface area contributed by atoms with Crippen molar-refractivity contribution in [3.8, 4) is 0 Å². The third-order valence-corrected chi connectivity index (χ3v) is 3.95. The summed E-state index contributed by atoms with van der Waals surface area (Å²) in [5.41, 5.74) is -2.02. The number of hydrogen-bond donors (Lipinski definition) is 3. The Morgan fingerprint density at radius 3 is 2.00 bits per heavy atom. The lowest BCUT2D eigenvalue weighted by molar-refractivity contribution is -0.111. The SMILES string of the molecule is CC(C)[C@@H]1C[C@H](C(C)(C)O)[C@@H](O)[C@@]1(C)O. The van der Waals surface area contributed by atoms with Crippen molar-refractivity contribution in [1.29, 1.82) is 0 Å². The smallest absolute Gasteiger partial charge is 0.0911 e. The van der Waals surface area contributed by atoms with Gasteiger partial charge in [0.25, 0.3) is 0 Å². The molecular weight excluding hydrogens is 192 g/mol. The lowest BCUT2D eigenvalue weighted by Gasteiger charge is -2.33. The summed E-state index contributed by atoms with van der Waals surface area (Å²) in [6.07, 6.45) is -0.167. The van der Waals surface area contributed by atoms with Crippen LogP contribution in [-0.2, 0) is 0 Å². The lowest BCUT2D eigenvalue weighted by Crippen LogP contribution is -2.46. The third-order valence-electron chi connectivity index (χ3n) is 3.95. The van der Waals surface area contributed by atoms with Gasteiger partial charge in [-0.15, -0.1) is 0 Å². The van der Waals surface area contributed by atoms with E-state index >= 15 is 0 Å². The van der Waals surface area contributed by atoms with E-state index in [2.05, 4.69) is 0 Å². The average molecular weight is 216 g/mol. The quantitative estimate of drug-likeness (QED) is 0.649. The molecule has 1 aliphatic rings. The Labute approximate surface area is 92.1 Å². The van der Waals surface area contributed by atoms with Gasteiger partial charge >= 0.3 is 0 Å². The van der Waals surface area contributed by atoms with Crippen LogP contribution in [0, 0.1) is 17.8 Å². The van der Waals surface area contributed by atoms with Crippen LogP contribution in [0.3, 0.4) is 0 Å². The normalized spacial score (nSPS) is 42.6. The summed E-state index contributed by atoms with van der Waals surface area (Å²) in [5.74, 6) is 0.103. The highest BCUT2D eigenvalue weighted by atomic mass is 16.3. The maximum absolute atomic E-state index is 10.3. The molecule has 0 amide bonds. The first-order chi connectivity index (χ1) is 6.58. The van der Waals surface area contributed by atoms with Crippen molar-refractivity contribution in [2.75, 3.05) is 0 Å². The molecule has 0 aromatic carbocycles. The second-order valence-electron chi connectivity index (χ2n) is 6.02. The fourth-order valence-corrected chi connectivity index (χ4v) is 2.89. The molecule has 0 saturated heterocycles. The van der Waals surface area contributed by atoms with Crippen LogP contribution >= 0.6 is 0 Å². The zero-order valence-electron chi connectivity index (χ0n) is 10.4. The van der Waals surface area contributed by atoms with Gasteiger partial charge in [-0.25, -0.2) is 0 Å². The van der Waals surface area contributed by atoms with Gasteiger partial charge in [0.15, 0.2) is 0 Å². The van der Waals surface area contributed by atoms with E-state index in [0.717, 1.165) is 0 Å². The molecule has 0 aliphatic heterocycles. The highest BCUT2D eigenvalue weighted by molar-refractivity contribution is 5.05. The highest BCUT2D eigenvalue weighted by Crippen LogP contribution is 2.47. The lowest BCUT2D eigenvalue weighted by atomic mass is 9.83. The van der Waals surface area contributed by atoms with Crippen molar-refractivity contribution in [2.45, 2.75) is 58.3 Å². The van der Waals surface area contributed by atoms with E-state index in [4.69, 9.17) is 0 Å². The van der Waals surface area contributed by atoms with Crippen LogP contribution in [-0.4, -0.2) is 32.6 Å². The van der Waals surface area contributed by atoms with E-state index < -0.39 is 17.3 Å². The van der Waals surface area contributed by atoms with Gasteiger partial charge in [-0.2, -0.15) is 0 Å². The van der Waals surface area contributed by atoms with Gasteiger partial charge in [-0.1, -0.05) is 13.8 Å². The van der Waals surface area contributed by atoms with Crippen LogP contribution in [0.2, 0.25) is 0 Å². The van der Waals surface area contributed by atoms with Crippen molar-refractivity contribution in [1.82, 2.24) is 0 Å². The number of aliphatic hydroxyl groups excluding tert-OH is 1. The van der Waals surface area contributed by atoms with Gasteiger partial charge in [0, 0.05) is 5.92 Å². The Morgan fingerprint density at radius 1 is 1.33 bits per heavy atom. The largest absolute Gasteiger partial charge is 0.390 e. The molecule has 90 valence electrons. The van der Waals surface area contributed by atoms with Gasteiger partial charge in [-0.3, -0.25) is 0 Å². The second kappa shape index (κ2) is 3.72. The molecule has 0 bridgehead atoms. The van der Waals surface area contributed by atoms with Crippen LogP contribution in [0.4, 0.5) is 0 Å². The Kier molecular flexibility index (Phi) is 3.21. The molecule has 0 spiro atoms. The molecule has 3 nitrogen and oxygen atoms in total. The fraction of sp³-hybridized carbons (Fsp3) is 1.00. The van der Waals surface area contributed by atoms with Crippen LogP contribution in [0.25, 0.3) is 0 Å². The van der Waals surface area contributed by atoms with Crippen molar-refractivity contribution < 1.29 is 15.3 Å². The van der Waals surface area contributed by atoms with Crippen molar-refractivity contribution in [3.63, 3.8) is 0 Å². The fourth-order valence-electron chi connectivity index (χ4n) is 2.89. The third kappa shape index (κ3) is 2.19. The zero-order valence-corrected chi connectivity index (χ0v) is 10.4. The molecule has 3 heteroatoms. The maximum Gasteiger partial charge on any atom is 0.0911 e. The average Bonchev–Trinajstić information content (AvgIpc) is 2.22. The molecule has 1 saturated carbocycles. The van der Waals surface area contributed by atoms with E-state index in [1.165, 1.54) is 0 Å². The number of aliphatic hydroxyl groups is 3. The summed E-state index contributed by atoms with van der Waals surface area (Å²) in [4.78, 5) is 0. The Balaban J connectivity index is 2.94. The van der Waals surface area contributed by atoms with E-state index in [0.29, 0.717) is 12.3 Å². The summed E-state index contributed by atoms with van der Waals surface area (Å²) < 4.78 is 0. The van der Waals surface area contributed by atoms with Crippen molar-refractivity contribution in [3.05, 3.63) is 0 Å². The standard InChI is InChI=1S/C12H24O3/c1-7(2)8-6-9(11(3,4)14)10(13)12(8,5)15/h7-10,13-15H,6H2,1-5H3/t8-,9-,10+,12-/m0/s1. The summed E-state index contributed by atoms with van der Waals surface area (Å²) >= 11 is 0. The topological polar surface area (TPSA) is 60.7 Å². The first kappa shape index (κ1) is 12.9. The number of hydrogen-bond acceptors (Lipinski definition) is 3. The van der Waals surface area contributed by atoms with Crippen LogP contribution in [0.5, 0.6) is 0 Å². The van der Waals surface area contributed by atoms with Gasteiger partial charge in [0.2, 0.25) is 0 Å². The Bertz CT molecular complexity index is 228. The predicted octanol–water partition coefficient (Wildman–Crippen LogP) is 1.16. The minimum Gasteiger partial charge on any atom is -0.390 e. The van der Waals surface area contributed by atoms with Gasteiger partial charge in [-0.05, 0) is 39.0 Å². The minimum absolute atomic E-state index is 0.0453. The zero-order chi connectivity index (χ0) is 12.0. The van der Waals surface area contributed by atoms with E-state index in [-0.39, 0.29) is 11.8 Å². The van der Waals surface area contributed by atoms with Crippen LogP contribution in [0.15, 0.2) is 0 Å². The Morgan fingerprint density at radius 2 is 1.80 bits per heavy atom. The van der Waals surface area contributed by atoms with Crippen molar-refractivity contribution >= 4 is 0 Å². The molecule has 0 radical (unpaired) electrons. The number of rotatable bonds is 2. The van der Waals surface area contributed by atoms with E-state index in [1.807, 2.05) is 13.8 Å². The van der Waals surface area contributed by atoms with Gasteiger partial charge < -0.3 is 15.3 Å². The first-order valence-electron chi connectivity index (χ1n) is 5.71. The van der Waals surface area contributed by atoms with Crippen LogP contribution in [0.1, 0.15) is 41.0 Å². The molecule has 3 N–H and O–H groups in total. The van der Waals surface area contributed by atoms with E-state index in [1.54, 1.807) is 20.8 Å². The second-order valence-corrected chi connectivity index (χ2v) is 6.02. The molecule has 1 rings (SSSR count). The summed E-state index contributed by atoms with van der Waals surface area (Å²) in [6, 6.07) is 0. The molecular formula is C12H24O3. The monoisotopic (exact) mass is 216 g/mol. The molecule has 15 heavy (non-hydrogen) atoms. The van der Waals surface area contributed by atoms with E-state index in [9.17, 15) is 15.3 Å². The highest BCUT2D eigenvalue weighted by Gasteiger charge is 2.55. The first-order valence-corrected chi connectivity index (χ1v) is 5.71. The van der Waals surface area contributed by atoms with Crippen molar-refractivity contribution in [2.24, 2.45) is 17.8 Å². The summed E-state index contributed by atoms with van der Waals surface area (Å²) in [7, 11) is 0. The van der Waals surface area contributed by atoms with Crippen LogP contribution < -0.4 is 0 Å². The summed E-state index contributed by atoms with van der Waals surface area (Å²) in [5, 5.41) is 30.3. The molecule has 0 unspecified atom stereocenters. The minimum atomic E-state index is -1.08. The summed E-state index contributed by atoms with van der Waals surface area (Å²) in [6.45, 7) is 9.14. The Hall–Kier alpha value is -0.120. The predicted molar refractivity (Wildman–Crippen MR) is 59.4 cm³/mol. The molecule has 1 fully saturated rings. The molecule has 4 atom stereocenters.